The van der Waals surface area contributed by atoms with Crippen molar-refractivity contribution < 1.29 is 13.6 Å². The summed E-state index contributed by atoms with van der Waals surface area (Å²) in [5.74, 6) is -1.30. The summed E-state index contributed by atoms with van der Waals surface area (Å²) >= 11 is 0. The second-order valence-corrected chi connectivity index (χ2v) is 9.97. The van der Waals surface area contributed by atoms with E-state index in [-0.39, 0.29) is 18.4 Å². The van der Waals surface area contributed by atoms with Gasteiger partial charge >= 0.3 is 0 Å². The fraction of sp³-hybridized carbons (Fsp3) is 0.345. The van der Waals surface area contributed by atoms with E-state index >= 15 is 0 Å². The van der Waals surface area contributed by atoms with Crippen molar-refractivity contribution in [2.75, 3.05) is 5.32 Å². The van der Waals surface area contributed by atoms with Gasteiger partial charge in [0.15, 0.2) is 11.6 Å². The normalized spacial score (nSPS) is 14.0. The van der Waals surface area contributed by atoms with Gasteiger partial charge in [-0.25, -0.2) is 13.8 Å². The van der Waals surface area contributed by atoms with Crippen molar-refractivity contribution in [2.24, 2.45) is 0 Å². The molecule has 2 N–H and O–H groups in total. The number of halogens is 2. The third kappa shape index (κ3) is 5.33. The first-order chi connectivity index (χ1) is 17.9. The number of amides is 1. The second-order valence-electron chi connectivity index (χ2n) is 9.97. The lowest BCUT2D eigenvalue weighted by atomic mass is 10.0. The van der Waals surface area contributed by atoms with Gasteiger partial charge in [-0.1, -0.05) is 38.8 Å². The highest BCUT2D eigenvalue weighted by Crippen LogP contribution is 2.33. The Bertz CT molecular complexity index is 1410. The van der Waals surface area contributed by atoms with Crippen LogP contribution in [0.1, 0.15) is 72.8 Å². The summed E-state index contributed by atoms with van der Waals surface area (Å²) in [6.07, 6.45) is 8.22. The van der Waals surface area contributed by atoms with E-state index in [2.05, 4.69) is 39.0 Å². The number of fused-ring (bicyclic) bond motifs is 1. The van der Waals surface area contributed by atoms with E-state index in [1.807, 2.05) is 24.3 Å². The van der Waals surface area contributed by atoms with Crippen LogP contribution in [0.15, 0.2) is 54.9 Å². The molecule has 1 aliphatic rings. The number of rotatable bonds is 8. The molecule has 0 atom stereocenters. The van der Waals surface area contributed by atoms with Crippen molar-refractivity contribution in [1.82, 2.24) is 19.9 Å². The molecule has 0 radical (unpaired) electrons. The Balaban J connectivity index is 1.55. The minimum absolute atomic E-state index is 0.0337. The molecule has 1 amide bonds. The van der Waals surface area contributed by atoms with Gasteiger partial charge in [-0.2, -0.15) is 0 Å². The highest BCUT2D eigenvalue weighted by atomic mass is 19.2. The molecule has 1 saturated carbocycles. The maximum atomic E-state index is 13.7. The van der Waals surface area contributed by atoms with E-state index < -0.39 is 11.6 Å². The van der Waals surface area contributed by atoms with Gasteiger partial charge in [-0.3, -0.25) is 9.78 Å². The summed E-state index contributed by atoms with van der Waals surface area (Å²) in [5.41, 5.74) is 3.70. The lowest BCUT2D eigenvalue weighted by molar-refractivity contribution is 0.0951. The van der Waals surface area contributed by atoms with E-state index in [4.69, 9.17) is 0 Å². The molecular weight excluding hydrogens is 472 g/mol. The Hall–Kier alpha value is -3.81. The number of benzene rings is 1. The molecule has 6 nitrogen and oxygen atoms in total. The third-order valence-electron chi connectivity index (χ3n) is 6.95. The zero-order chi connectivity index (χ0) is 25.9. The van der Waals surface area contributed by atoms with Gasteiger partial charge in [0.25, 0.3) is 5.91 Å². The van der Waals surface area contributed by atoms with Crippen LogP contribution >= 0.6 is 0 Å². The Morgan fingerprint density at radius 2 is 1.89 bits per heavy atom. The SMILES string of the molecule is CC(C)c1c(C(=O)NCc2ccc(F)c(F)c2)c2cnc(NC3CCCC3)cc2n1Cc1ccccn1. The molecule has 8 heteroatoms. The van der Waals surface area contributed by atoms with Crippen LogP contribution in [0.5, 0.6) is 0 Å². The van der Waals surface area contributed by atoms with Crippen molar-refractivity contribution >= 4 is 22.6 Å². The van der Waals surface area contributed by atoms with Crippen LogP contribution in [0, 0.1) is 11.6 Å². The third-order valence-corrected chi connectivity index (χ3v) is 6.95. The maximum Gasteiger partial charge on any atom is 0.254 e. The predicted octanol–water partition coefficient (Wildman–Crippen LogP) is 6.17. The number of nitrogens with one attached hydrogen (secondary N) is 2. The summed E-state index contributed by atoms with van der Waals surface area (Å²) in [5, 5.41) is 7.21. The molecule has 0 unspecified atom stereocenters. The molecule has 1 aromatic carbocycles. The number of nitrogens with zero attached hydrogens (tertiary/aromatic N) is 3. The fourth-order valence-electron chi connectivity index (χ4n) is 5.20. The minimum atomic E-state index is -0.937. The Kier molecular flexibility index (Phi) is 7.17. The molecule has 0 bridgehead atoms. The standard InChI is InChI=1S/C29H31F2N5O/c1-18(2)28-27(29(37)34-15-19-10-11-23(30)24(31)13-19)22-16-33-26(35-20-7-3-4-8-20)14-25(22)36(28)17-21-9-5-6-12-32-21/h5-6,9-14,16,18,20H,3-4,7-8,15,17H2,1-2H3,(H,33,35)(H,34,37). The quantitative estimate of drug-likeness (QED) is 0.302. The van der Waals surface area contributed by atoms with Crippen LogP contribution in [0.3, 0.4) is 0 Å². The van der Waals surface area contributed by atoms with Crippen molar-refractivity contribution in [1.29, 1.82) is 0 Å². The lowest BCUT2D eigenvalue weighted by Crippen LogP contribution is -2.24. The molecule has 5 rings (SSSR count). The van der Waals surface area contributed by atoms with Crippen LogP contribution < -0.4 is 10.6 Å². The molecule has 0 spiro atoms. The number of anilines is 1. The zero-order valence-corrected chi connectivity index (χ0v) is 21.1. The molecule has 0 aliphatic heterocycles. The van der Waals surface area contributed by atoms with Crippen LogP contribution in [0.25, 0.3) is 10.9 Å². The number of hydrogen-bond acceptors (Lipinski definition) is 4. The summed E-state index contributed by atoms with van der Waals surface area (Å²) < 4.78 is 29.2. The monoisotopic (exact) mass is 503 g/mol. The molecule has 3 heterocycles. The summed E-state index contributed by atoms with van der Waals surface area (Å²) in [4.78, 5) is 22.8. The summed E-state index contributed by atoms with van der Waals surface area (Å²) in [6, 6.07) is 11.9. The molecule has 1 fully saturated rings. The number of carbonyl (C=O) groups is 1. The summed E-state index contributed by atoms with van der Waals surface area (Å²) in [6.45, 7) is 4.70. The molecule has 192 valence electrons. The fourth-order valence-corrected chi connectivity index (χ4v) is 5.20. The average Bonchev–Trinajstić information content (AvgIpc) is 3.51. The lowest BCUT2D eigenvalue weighted by Gasteiger charge is -2.16. The minimum Gasteiger partial charge on any atom is -0.367 e. The van der Waals surface area contributed by atoms with Crippen LogP contribution in [0.4, 0.5) is 14.6 Å². The van der Waals surface area contributed by atoms with Crippen molar-refractivity contribution in [3.05, 3.63) is 89.0 Å². The predicted molar refractivity (Wildman–Crippen MR) is 141 cm³/mol. The van der Waals surface area contributed by atoms with Crippen LogP contribution in [-0.2, 0) is 13.1 Å². The van der Waals surface area contributed by atoms with Gasteiger partial charge < -0.3 is 15.2 Å². The molecular formula is C29H31F2N5O. The molecule has 0 saturated heterocycles. The second kappa shape index (κ2) is 10.7. The van der Waals surface area contributed by atoms with Gasteiger partial charge in [-0.05, 0) is 48.6 Å². The number of aromatic nitrogens is 3. The van der Waals surface area contributed by atoms with Gasteiger partial charge in [0.05, 0.1) is 23.3 Å². The maximum absolute atomic E-state index is 13.7. The van der Waals surface area contributed by atoms with E-state index in [0.717, 1.165) is 53.1 Å². The van der Waals surface area contributed by atoms with Crippen molar-refractivity contribution in [3.63, 3.8) is 0 Å². The first-order valence-electron chi connectivity index (χ1n) is 12.8. The van der Waals surface area contributed by atoms with E-state index in [1.54, 1.807) is 12.4 Å². The summed E-state index contributed by atoms with van der Waals surface area (Å²) in [7, 11) is 0. The smallest absolute Gasteiger partial charge is 0.254 e. The van der Waals surface area contributed by atoms with Crippen molar-refractivity contribution in [2.45, 2.75) is 64.6 Å². The number of carbonyl (C=O) groups excluding carboxylic acids is 1. The molecule has 3 aromatic heterocycles. The van der Waals surface area contributed by atoms with E-state index in [9.17, 15) is 13.6 Å². The Morgan fingerprint density at radius 1 is 1.08 bits per heavy atom. The van der Waals surface area contributed by atoms with Crippen molar-refractivity contribution in [3.8, 4) is 0 Å². The van der Waals surface area contributed by atoms with Crippen LogP contribution in [-0.4, -0.2) is 26.5 Å². The molecule has 1 aliphatic carbocycles. The molecule has 37 heavy (non-hydrogen) atoms. The van der Waals surface area contributed by atoms with Crippen LogP contribution in [0.2, 0.25) is 0 Å². The van der Waals surface area contributed by atoms with Gasteiger partial charge in [-0.15, -0.1) is 0 Å². The Labute approximate surface area is 215 Å². The van der Waals surface area contributed by atoms with Gasteiger partial charge in [0.2, 0.25) is 0 Å². The first kappa shape index (κ1) is 24.9. The highest BCUT2D eigenvalue weighted by molar-refractivity contribution is 6.08. The van der Waals surface area contributed by atoms with E-state index in [1.165, 1.54) is 18.9 Å². The zero-order valence-electron chi connectivity index (χ0n) is 21.1. The largest absolute Gasteiger partial charge is 0.367 e. The number of hydrogen-bond donors (Lipinski definition) is 2. The average molecular weight is 504 g/mol. The van der Waals surface area contributed by atoms with E-state index in [0.29, 0.717) is 23.7 Å². The Morgan fingerprint density at radius 3 is 2.59 bits per heavy atom. The highest BCUT2D eigenvalue weighted by Gasteiger charge is 2.26. The number of pyridine rings is 2. The topological polar surface area (TPSA) is 71.8 Å². The van der Waals surface area contributed by atoms with Gasteiger partial charge in [0, 0.05) is 42.1 Å². The van der Waals surface area contributed by atoms with Gasteiger partial charge in [0.1, 0.15) is 5.82 Å². The first-order valence-corrected chi connectivity index (χ1v) is 12.8. The molecule has 4 aromatic rings.